The van der Waals surface area contributed by atoms with E-state index >= 15 is 0 Å². The zero-order valence-electron chi connectivity index (χ0n) is 9.82. The molecule has 16 nitrogen and oxygen atoms in total. The standard InChI is InChI=1S/3Ge.4H3O4P/c;;;4*1-5(2,3)4/h;;;4*(H3,1,2,3,4)/q3*+4;;;;/p-12. The van der Waals surface area contributed by atoms with Crippen LogP contribution in [0.4, 0.5) is 0 Å². The Kier molecular flexibility index (Phi) is 36.5. The number of hydrogen-bond donors (Lipinski definition) is 0. The van der Waals surface area contributed by atoms with E-state index in [1.165, 1.54) is 0 Å². The number of hydrogen-bond acceptors (Lipinski definition) is 16. The van der Waals surface area contributed by atoms with Crippen LogP contribution >= 0.6 is 31.3 Å². The molecule has 0 spiro atoms. The van der Waals surface area contributed by atoms with Crippen molar-refractivity contribution in [2.45, 2.75) is 0 Å². The average Bonchev–Trinajstić information content (AvgIpc) is 1.62. The largest absolute Gasteiger partial charge is 4.00 e. The van der Waals surface area contributed by atoms with Gasteiger partial charge in [0.25, 0.3) is 0 Å². The Morgan fingerprint density at radius 2 is 0.304 bits per heavy atom. The first-order valence-electron chi connectivity index (χ1n) is 2.92. The topological polar surface area (TPSA) is 345 Å². The normalized spacial score (nSPS) is 10.3. The van der Waals surface area contributed by atoms with E-state index < -0.39 is 31.3 Å². The first-order valence-corrected chi connectivity index (χ1v) is 8.76. The maximum atomic E-state index is 8.55. The Morgan fingerprint density at radius 1 is 0.304 bits per heavy atom. The molecule has 0 aliphatic carbocycles. The third-order valence-electron chi connectivity index (χ3n) is 0. The molecule has 0 aliphatic rings. The van der Waals surface area contributed by atoms with Crippen molar-refractivity contribution < 1.29 is 77.0 Å². The third kappa shape index (κ3) is 2740. The van der Waals surface area contributed by atoms with Crippen molar-refractivity contribution in [3.05, 3.63) is 0 Å². The summed E-state index contributed by atoms with van der Waals surface area (Å²) < 4.78 is 34.2. The van der Waals surface area contributed by atoms with Crippen molar-refractivity contribution in [1.29, 1.82) is 0 Å². The Balaban J connectivity index is -0.0000000284. The third-order valence-corrected chi connectivity index (χ3v) is 0. The van der Waals surface area contributed by atoms with Crippen molar-refractivity contribution in [3.63, 3.8) is 0 Å². The van der Waals surface area contributed by atoms with E-state index in [9.17, 15) is 0 Å². The zero-order valence-corrected chi connectivity index (χ0v) is 19.7. The molecule has 0 fully saturated rings. The van der Waals surface area contributed by atoms with Crippen LogP contribution in [0.25, 0.3) is 0 Å². The van der Waals surface area contributed by atoms with Gasteiger partial charge in [0.15, 0.2) is 0 Å². The smallest absolute Gasteiger partial charge is 0.822 e. The van der Waals surface area contributed by atoms with Gasteiger partial charge in [-0.05, 0) is 0 Å². The van der Waals surface area contributed by atoms with Gasteiger partial charge < -0.3 is 77.0 Å². The summed E-state index contributed by atoms with van der Waals surface area (Å²) in [4.78, 5) is 103. The summed E-state index contributed by atoms with van der Waals surface area (Å²) in [6.07, 6.45) is 0. The molecule has 0 rings (SSSR count). The van der Waals surface area contributed by atoms with Crippen LogP contribution in [0.1, 0.15) is 0 Å². The minimum atomic E-state index is -5.39. The van der Waals surface area contributed by atoms with Crippen LogP contribution in [0.15, 0.2) is 0 Å². The van der Waals surface area contributed by atoms with Crippen LogP contribution in [-0.4, -0.2) is 52.8 Å². The van der Waals surface area contributed by atoms with Crippen molar-refractivity contribution >= 4 is 84.1 Å². The average molecular weight is 598 g/mol. The van der Waals surface area contributed by atoms with Gasteiger partial charge in [0.2, 0.25) is 0 Å². The van der Waals surface area contributed by atoms with E-state index in [1.54, 1.807) is 0 Å². The molecular weight excluding hydrogens is 598 g/mol. The fourth-order valence-corrected chi connectivity index (χ4v) is 0. The molecule has 0 saturated heterocycles. The second-order valence-electron chi connectivity index (χ2n) is 1.79. The van der Waals surface area contributed by atoms with Crippen LogP contribution in [0.3, 0.4) is 0 Å². The van der Waals surface area contributed by atoms with E-state index in [1.807, 2.05) is 0 Å². The monoisotopic (exact) mass is 602 g/mol. The van der Waals surface area contributed by atoms with Gasteiger partial charge in [0, 0.05) is 0 Å². The summed E-state index contributed by atoms with van der Waals surface area (Å²) in [5.41, 5.74) is 0. The van der Waals surface area contributed by atoms with Crippen molar-refractivity contribution in [3.8, 4) is 0 Å². The maximum absolute atomic E-state index is 8.55. The molecule has 128 valence electrons. The Labute approximate surface area is 160 Å². The van der Waals surface area contributed by atoms with Crippen molar-refractivity contribution in [2.75, 3.05) is 0 Å². The van der Waals surface area contributed by atoms with Crippen LogP contribution < -0.4 is 58.7 Å². The van der Waals surface area contributed by atoms with Gasteiger partial charge in [-0.25, -0.2) is 0 Å². The first kappa shape index (κ1) is 44.5. The molecule has 0 aliphatic heterocycles. The first-order chi connectivity index (χ1) is 8.00. The maximum Gasteiger partial charge on any atom is 4.00 e. The molecule has 0 amide bonds. The Hall–Kier alpha value is 2.07. The van der Waals surface area contributed by atoms with E-state index in [2.05, 4.69) is 0 Å². The van der Waals surface area contributed by atoms with Gasteiger partial charge in [0.05, 0.1) is 0 Å². The summed E-state index contributed by atoms with van der Waals surface area (Å²) >= 11 is 0. The van der Waals surface area contributed by atoms with E-state index in [0.29, 0.717) is 0 Å². The molecule has 0 atom stereocenters. The summed E-state index contributed by atoms with van der Waals surface area (Å²) in [5.74, 6) is 0. The summed E-state index contributed by atoms with van der Waals surface area (Å²) in [5, 5.41) is 0. The predicted octanol–water partition coefficient (Wildman–Crippen LogP) is -12.4. The second kappa shape index (κ2) is 18.8. The number of rotatable bonds is 0. The summed E-state index contributed by atoms with van der Waals surface area (Å²) in [6, 6.07) is 0. The Bertz CT molecular complexity index is 292. The van der Waals surface area contributed by atoms with E-state index in [-0.39, 0.29) is 52.8 Å². The fraction of sp³-hybridized carbons (Fsp3) is 0. The fourth-order valence-electron chi connectivity index (χ4n) is 0. The summed E-state index contributed by atoms with van der Waals surface area (Å²) in [7, 11) is -21.6. The van der Waals surface area contributed by atoms with Crippen molar-refractivity contribution in [2.24, 2.45) is 0 Å². The molecule has 0 bridgehead atoms. The molecule has 23 heavy (non-hydrogen) atoms. The van der Waals surface area contributed by atoms with Gasteiger partial charge in [-0.1, -0.05) is 0 Å². The summed E-state index contributed by atoms with van der Waals surface area (Å²) in [6.45, 7) is 0. The molecule has 0 N–H and O–H groups in total. The molecule has 0 radical (unpaired) electrons. The van der Waals surface area contributed by atoms with Gasteiger partial charge >= 0.3 is 52.8 Å². The van der Waals surface area contributed by atoms with Crippen LogP contribution in [0, 0.1) is 0 Å². The Morgan fingerprint density at radius 3 is 0.304 bits per heavy atom. The predicted molar refractivity (Wildman–Crippen MR) is 47.7 cm³/mol. The van der Waals surface area contributed by atoms with Gasteiger partial charge in [-0.3, -0.25) is 0 Å². The number of phosphoric acid groups is 4. The van der Waals surface area contributed by atoms with Gasteiger partial charge in [-0.2, -0.15) is 31.3 Å². The zero-order chi connectivity index (χ0) is 18.0. The van der Waals surface area contributed by atoms with Gasteiger partial charge in [0.1, 0.15) is 0 Å². The minimum Gasteiger partial charge on any atom is -0.822 e. The quantitative estimate of drug-likeness (QED) is 0.185. The molecule has 0 unspecified atom stereocenters. The van der Waals surface area contributed by atoms with Gasteiger partial charge in [-0.15, -0.1) is 0 Å². The van der Waals surface area contributed by atoms with Crippen LogP contribution in [0.2, 0.25) is 0 Å². The molecule has 0 heterocycles. The van der Waals surface area contributed by atoms with Crippen molar-refractivity contribution in [1.82, 2.24) is 0 Å². The van der Waals surface area contributed by atoms with E-state index in [4.69, 9.17) is 77.0 Å². The van der Waals surface area contributed by atoms with Crippen LogP contribution in [0.5, 0.6) is 0 Å². The molecule has 0 aromatic carbocycles. The molecule has 0 saturated carbocycles. The van der Waals surface area contributed by atoms with Crippen LogP contribution in [-0.2, 0) is 18.3 Å². The molecule has 0 aromatic rings. The second-order valence-corrected chi connectivity index (χ2v) is 5.37. The molecular formula is Ge3O16P4. The van der Waals surface area contributed by atoms with E-state index in [0.717, 1.165) is 0 Å². The minimum absolute atomic E-state index is 0. The molecule has 23 heteroatoms. The SMILES string of the molecule is O=P([O-])([O-])[O-].O=P([O-])([O-])[O-].O=P([O-])([O-])[O-].O=P([O-])([O-])[O-].[Ge+4].[Ge+4].[Ge+4]. The molecule has 0 aromatic heterocycles.